The summed E-state index contributed by atoms with van der Waals surface area (Å²) >= 11 is 1.86. The molecule has 1 aromatic heterocycles. The van der Waals surface area contributed by atoms with E-state index in [4.69, 9.17) is 0 Å². The average Bonchev–Trinajstić information content (AvgIpc) is 2.11. The van der Waals surface area contributed by atoms with Gasteiger partial charge in [0.05, 0.1) is 0 Å². The third kappa shape index (κ3) is 1.40. The van der Waals surface area contributed by atoms with E-state index >= 15 is 0 Å². The molecule has 0 radical (unpaired) electrons. The molecule has 0 aromatic carbocycles. The van der Waals surface area contributed by atoms with Gasteiger partial charge in [0.2, 0.25) is 0 Å². The van der Waals surface area contributed by atoms with Crippen LogP contribution in [0.3, 0.4) is 0 Å². The third-order valence-corrected chi connectivity index (χ3v) is 2.99. The van der Waals surface area contributed by atoms with Crippen LogP contribution in [-0.4, -0.2) is 0 Å². The minimum absolute atomic E-state index is 0.332. The maximum atomic E-state index is 2.26. The maximum Gasteiger partial charge on any atom is 0.0128 e. The Hall–Kier alpha value is -0.300. The minimum atomic E-state index is 0.332. The first-order valence-electron chi connectivity index (χ1n) is 3.56. The molecule has 0 aliphatic rings. The number of rotatable bonds is 0. The van der Waals surface area contributed by atoms with Gasteiger partial charge in [-0.25, -0.2) is 0 Å². The monoisotopic (exact) mass is 154 g/mol. The molecule has 56 valence electrons. The fraction of sp³-hybridized carbons (Fsp3) is 0.556. The van der Waals surface area contributed by atoms with Gasteiger partial charge in [0.1, 0.15) is 0 Å². The molecule has 0 spiro atoms. The van der Waals surface area contributed by atoms with Gasteiger partial charge < -0.3 is 0 Å². The first-order valence-corrected chi connectivity index (χ1v) is 4.44. The third-order valence-electron chi connectivity index (χ3n) is 1.54. The number of aryl methyl sites for hydroxylation is 1. The van der Waals surface area contributed by atoms with E-state index in [2.05, 4.69) is 39.1 Å². The van der Waals surface area contributed by atoms with E-state index in [1.807, 2.05) is 11.3 Å². The van der Waals surface area contributed by atoms with Gasteiger partial charge in [0.15, 0.2) is 0 Å². The zero-order valence-electron chi connectivity index (χ0n) is 7.06. The van der Waals surface area contributed by atoms with Crippen LogP contribution in [0.5, 0.6) is 0 Å². The highest BCUT2D eigenvalue weighted by Crippen LogP contribution is 2.29. The number of hydrogen-bond donors (Lipinski definition) is 0. The van der Waals surface area contributed by atoms with Crippen LogP contribution >= 0.6 is 11.3 Å². The van der Waals surface area contributed by atoms with Crippen LogP contribution in [-0.2, 0) is 5.41 Å². The SMILES string of the molecule is Cc1ccsc1C(C)(C)C. The zero-order valence-corrected chi connectivity index (χ0v) is 7.88. The van der Waals surface area contributed by atoms with Crippen molar-refractivity contribution < 1.29 is 0 Å². The summed E-state index contributed by atoms with van der Waals surface area (Å²) in [6.45, 7) is 8.95. The van der Waals surface area contributed by atoms with E-state index in [9.17, 15) is 0 Å². The van der Waals surface area contributed by atoms with Crippen LogP contribution in [0.1, 0.15) is 31.2 Å². The summed E-state index contributed by atoms with van der Waals surface area (Å²) in [5.74, 6) is 0. The maximum absolute atomic E-state index is 2.26. The molecule has 1 aromatic rings. The first-order chi connectivity index (χ1) is 4.52. The molecule has 0 atom stereocenters. The fourth-order valence-corrected chi connectivity index (χ4v) is 2.16. The molecule has 0 nitrogen and oxygen atoms in total. The Morgan fingerprint density at radius 3 is 2.10 bits per heavy atom. The molecule has 1 rings (SSSR count). The Morgan fingerprint density at radius 1 is 1.30 bits per heavy atom. The van der Waals surface area contributed by atoms with Gasteiger partial charge in [-0.15, -0.1) is 11.3 Å². The lowest BCUT2D eigenvalue weighted by Gasteiger charge is -2.17. The van der Waals surface area contributed by atoms with Crippen LogP contribution < -0.4 is 0 Å². The molecule has 0 aliphatic heterocycles. The largest absolute Gasteiger partial charge is 0.148 e. The predicted molar refractivity (Wildman–Crippen MR) is 47.8 cm³/mol. The molecular formula is C9H14S. The molecule has 0 fully saturated rings. The van der Waals surface area contributed by atoms with Gasteiger partial charge in [0, 0.05) is 4.88 Å². The van der Waals surface area contributed by atoms with Crippen molar-refractivity contribution in [2.75, 3.05) is 0 Å². The van der Waals surface area contributed by atoms with E-state index in [0.29, 0.717) is 5.41 Å². The molecule has 0 saturated carbocycles. The number of thiophene rings is 1. The van der Waals surface area contributed by atoms with Gasteiger partial charge in [0.25, 0.3) is 0 Å². The fourth-order valence-electron chi connectivity index (χ4n) is 1.14. The van der Waals surface area contributed by atoms with Gasteiger partial charge in [-0.05, 0) is 29.3 Å². The minimum Gasteiger partial charge on any atom is -0.148 e. The van der Waals surface area contributed by atoms with Crippen molar-refractivity contribution in [3.05, 3.63) is 21.9 Å². The molecule has 1 heteroatoms. The summed E-state index contributed by atoms with van der Waals surface area (Å²) in [4.78, 5) is 1.51. The molecule has 1 heterocycles. The second kappa shape index (κ2) is 2.39. The van der Waals surface area contributed by atoms with Gasteiger partial charge in [-0.3, -0.25) is 0 Å². The molecule has 0 aliphatic carbocycles. The van der Waals surface area contributed by atoms with Crippen LogP contribution in [0.2, 0.25) is 0 Å². The van der Waals surface area contributed by atoms with Gasteiger partial charge >= 0.3 is 0 Å². The molecule has 0 N–H and O–H groups in total. The molecule has 0 unspecified atom stereocenters. The lowest BCUT2D eigenvalue weighted by molar-refractivity contribution is 0.600. The summed E-state index contributed by atoms with van der Waals surface area (Å²) in [5, 5.41) is 2.16. The van der Waals surface area contributed by atoms with E-state index < -0.39 is 0 Å². The van der Waals surface area contributed by atoms with E-state index in [0.717, 1.165) is 0 Å². The molecule has 0 bridgehead atoms. The van der Waals surface area contributed by atoms with Crippen LogP contribution in [0.15, 0.2) is 11.4 Å². The Kier molecular flexibility index (Phi) is 1.86. The highest BCUT2D eigenvalue weighted by molar-refractivity contribution is 7.10. The van der Waals surface area contributed by atoms with Crippen molar-refractivity contribution in [2.45, 2.75) is 33.1 Å². The molecule has 10 heavy (non-hydrogen) atoms. The van der Waals surface area contributed by atoms with Crippen molar-refractivity contribution in [3.8, 4) is 0 Å². The highest BCUT2D eigenvalue weighted by atomic mass is 32.1. The highest BCUT2D eigenvalue weighted by Gasteiger charge is 2.16. The van der Waals surface area contributed by atoms with E-state index in [1.54, 1.807) is 0 Å². The topological polar surface area (TPSA) is 0 Å². The van der Waals surface area contributed by atoms with E-state index in [1.165, 1.54) is 10.4 Å². The van der Waals surface area contributed by atoms with Gasteiger partial charge in [-0.1, -0.05) is 20.8 Å². The molecule has 0 saturated heterocycles. The smallest absolute Gasteiger partial charge is 0.0128 e. The summed E-state index contributed by atoms with van der Waals surface area (Å²) < 4.78 is 0. The van der Waals surface area contributed by atoms with Crippen LogP contribution in [0.25, 0.3) is 0 Å². The summed E-state index contributed by atoms with van der Waals surface area (Å²) in [5.41, 5.74) is 1.76. The first kappa shape index (κ1) is 7.80. The molecular weight excluding hydrogens is 140 g/mol. The standard InChI is InChI=1S/C9H14S/c1-7-5-6-10-8(7)9(2,3)4/h5-6H,1-4H3. The Balaban J connectivity index is 3.05. The Morgan fingerprint density at radius 2 is 1.90 bits per heavy atom. The Bertz CT molecular complexity index is 215. The summed E-state index contributed by atoms with van der Waals surface area (Å²) in [6, 6.07) is 2.19. The summed E-state index contributed by atoms with van der Waals surface area (Å²) in [6.07, 6.45) is 0. The number of hydrogen-bond acceptors (Lipinski definition) is 1. The lowest BCUT2D eigenvalue weighted by atomic mass is 9.92. The normalized spacial score (nSPS) is 12.0. The second-order valence-corrected chi connectivity index (χ2v) is 4.60. The van der Waals surface area contributed by atoms with Gasteiger partial charge in [-0.2, -0.15) is 0 Å². The summed E-state index contributed by atoms with van der Waals surface area (Å²) in [7, 11) is 0. The quantitative estimate of drug-likeness (QED) is 0.537. The van der Waals surface area contributed by atoms with Crippen LogP contribution in [0.4, 0.5) is 0 Å². The van der Waals surface area contributed by atoms with Crippen molar-refractivity contribution in [3.63, 3.8) is 0 Å². The van der Waals surface area contributed by atoms with Crippen molar-refractivity contribution >= 4 is 11.3 Å². The van der Waals surface area contributed by atoms with Crippen molar-refractivity contribution in [2.24, 2.45) is 0 Å². The molecule has 0 amide bonds. The lowest BCUT2D eigenvalue weighted by Crippen LogP contribution is -2.09. The zero-order chi connectivity index (χ0) is 7.78. The Labute approximate surface area is 66.9 Å². The van der Waals surface area contributed by atoms with E-state index in [-0.39, 0.29) is 0 Å². The van der Waals surface area contributed by atoms with Crippen molar-refractivity contribution in [1.29, 1.82) is 0 Å². The predicted octanol–water partition coefficient (Wildman–Crippen LogP) is 3.35. The van der Waals surface area contributed by atoms with Crippen LogP contribution in [0, 0.1) is 6.92 Å². The van der Waals surface area contributed by atoms with Crippen molar-refractivity contribution in [1.82, 2.24) is 0 Å². The average molecular weight is 154 g/mol. The second-order valence-electron chi connectivity index (χ2n) is 3.68.